The largest absolute Gasteiger partial charge is 0.389 e. The maximum Gasteiger partial charge on any atom is 0.123 e. The summed E-state index contributed by atoms with van der Waals surface area (Å²) >= 11 is 0. The zero-order valence-corrected chi connectivity index (χ0v) is 13.2. The highest BCUT2D eigenvalue weighted by Gasteiger charge is 2.12. The van der Waals surface area contributed by atoms with Gasteiger partial charge in [-0.25, -0.2) is 4.39 Å². The molecule has 1 atom stereocenters. The third kappa shape index (κ3) is 8.24. The average Bonchev–Trinajstić information content (AvgIpc) is 2.50. The topological polar surface area (TPSA) is 41.9 Å². The zero-order valence-electron chi connectivity index (χ0n) is 13.2. The molecular formula is C17H26FNO3. The Hall–Kier alpha value is -1.27. The normalized spacial score (nSPS) is 12.5. The lowest BCUT2D eigenvalue weighted by molar-refractivity contribution is 0.0229. The Bertz CT molecular complexity index is 411. The van der Waals surface area contributed by atoms with E-state index in [0.29, 0.717) is 26.3 Å². The molecule has 0 aliphatic rings. The van der Waals surface area contributed by atoms with Crippen molar-refractivity contribution < 1.29 is 19.0 Å². The molecule has 1 unspecified atom stereocenters. The SMILES string of the molecule is C=CCOCC(O)CN(CCCOC)Cc1ccc(F)cc1. The molecule has 0 spiro atoms. The minimum absolute atomic E-state index is 0.243. The monoisotopic (exact) mass is 311 g/mol. The van der Waals surface area contributed by atoms with Crippen molar-refractivity contribution in [3.63, 3.8) is 0 Å². The van der Waals surface area contributed by atoms with Gasteiger partial charge in [0.1, 0.15) is 5.82 Å². The first-order valence-corrected chi connectivity index (χ1v) is 7.48. The van der Waals surface area contributed by atoms with Crippen LogP contribution in [0.4, 0.5) is 4.39 Å². The van der Waals surface area contributed by atoms with Gasteiger partial charge in [-0.2, -0.15) is 0 Å². The molecule has 0 amide bonds. The first kappa shape index (κ1) is 18.8. The van der Waals surface area contributed by atoms with Gasteiger partial charge >= 0.3 is 0 Å². The molecule has 1 aromatic carbocycles. The second kappa shape index (κ2) is 11.3. The highest BCUT2D eigenvalue weighted by molar-refractivity contribution is 5.15. The second-order valence-electron chi connectivity index (χ2n) is 5.19. The lowest BCUT2D eigenvalue weighted by Gasteiger charge is -2.25. The Morgan fingerprint density at radius 1 is 1.36 bits per heavy atom. The van der Waals surface area contributed by atoms with Gasteiger partial charge in [0, 0.05) is 33.4 Å². The number of halogens is 1. The number of benzene rings is 1. The Balaban J connectivity index is 2.50. The van der Waals surface area contributed by atoms with E-state index in [1.807, 2.05) is 0 Å². The molecule has 0 aliphatic heterocycles. The zero-order chi connectivity index (χ0) is 16.2. The van der Waals surface area contributed by atoms with E-state index < -0.39 is 6.10 Å². The Morgan fingerprint density at radius 2 is 2.09 bits per heavy atom. The number of aliphatic hydroxyl groups excluding tert-OH is 1. The molecule has 0 aliphatic carbocycles. The van der Waals surface area contributed by atoms with Crippen LogP contribution in [-0.2, 0) is 16.0 Å². The van der Waals surface area contributed by atoms with Crippen LogP contribution < -0.4 is 0 Å². The van der Waals surface area contributed by atoms with Gasteiger partial charge in [0.05, 0.1) is 19.3 Å². The van der Waals surface area contributed by atoms with E-state index in [2.05, 4.69) is 11.5 Å². The van der Waals surface area contributed by atoms with Crippen molar-refractivity contribution in [3.8, 4) is 0 Å². The fourth-order valence-corrected chi connectivity index (χ4v) is 2.15. The number of ether oxygens (including phenoxy) is 2. The lowest BCUT2D eigenvalue weighted by Crippen LogP contribution is -2.35. The molecule has 1 N–H and O–H groups in total. The number of methoxy groups -OCH3 is 1. The van der Waals surface area contributed by atoms with Crippen LogP contribution >= 0.6 is 0 Å². The van der Waals surface area contributed by atoms with Gasteiger partial charge in [-0.1, -0.05) is 18.2 Å². The molecule has 5 heteroatoms. The van der Waals surface area contributed by atoms with Crippen molar-refractivity contribution in [3.05, 3.63) is 48.3 Å². The van der Waals surface area contributed by atoms with Crippen LogP contribution in [0.3, 0.4) is 0 Å². The maximum atomic E-state index is 13.0. The minimum Gasteiger partial charge on any atom is -0.389 e. The molecule has 0 saturated heterocycles. The van der Waals surface area contributed by atoms with Crippen molar-refractivity contribution in [2.45, 2.75) is 19.1 Å². The van der Waals surface area contributed by atoms with E-state index in [9.17, 15) is 9.50 Å². The first-order chi connectivity index (χ1) is 10.7. The maximum absolute atomic E-state index is 13.0. The third-order valence-electron chi connectivity index (χ3n) is 3.16. The van der Waals surface area contributed by atoms with Crippen LogP contribution in [0.15, 0.2) is 36.9 Å². The highest BCUT2D eigenvalue weighted by atomic mass is 19.1. The number of aliphatic hydroxyl groups is 1. The average molecular weight is 311 g/mol. The summed E-state index contributed by atoms with van der Waals surface area (Å²) in [5, 5.41) is 10.0. The summed E-state index contributed by atoms with van der Waals surface area (Å²) in [5.41, 5.74) is 1.01. The van der Waals surface area contributed by atoms with Crippen LogP contribution in [0.25, 0.3) is 0 Å². The molecule has 124 valence electrons. The summed E-state index contributed by atoms with van der Waals surface area (Å²) in [5.74, 6) is -0.243. The van der Waals surface area contributed by atoms with Crippen molar-refractivity contribution in [1.29, 1.82) is 0 Å². The molecule has 4 nitrogen and oxygen atoms in total. The van der Waals surface area contributed by atoms with E-state index >= 15 is 0 Å². The Kier molecular flexibility index (Phi) is 9.66. The van der Waals surface area contributed by atoms with Crippen LogP contribution in [0.2, 0.25) is 0 Å². The quantitative estimate of drug-likeness (QED) is 0.475. The summed E-state index contributed by atoms with van der Waals surface area (Å²) in [6.07, 6.45) is 1.96. The van der Waals surface area contributed by atoms with Crippen molar-refractivity contribution in [2.24, 2.45) is 0 Å². The van der Waals surface area contributed by atoms with Gasteiger partial charge in [-0.05, 0) is 24.1 Å². The summed E-state index contributed by atoms with van der Waals surface area (Å²) in [7, 11) is 1.67. The van der Waals surface area contributed by atoms with E-state index in [4.69, 9.17) is 9.47 Å². The van der Waals surface area contributed by atoms with E-state index in [0.717, 1.165) is 18.5 Å². The highest BCUT2D eigenvalue weighted by Crippen LogP contribution is 2.08. The number of hydrogen-bond donors (Lipinski definition) is 1. The molecule has 0 radical (unpaired) electrons. The van der Waals surface area contributed by atoms with Gasteiger partial charge < -0.3 is 14.6 Å². The van der Waals surface area contributed by atoms with E-state index in [1.165, 1.54) is 12.1 Å². The summed E-state index contributed by atoms with van der Waals surface area (Å²) in [4.78, 5) is 2.12. The van der Waals surface area contributed by atoms with E-state index in [1.54, 1.807) is 25.3 Å². The summed E-state index contributed by atoms with van der Waals surface area (Å²) < 4.78 is 23.3. The van der Waals surface area contributed by atoms with Gasteiger partial charge in [0.25, 0.3) is 0 Å². The molecule has 0 heterocycles. The Labute approximate surface area is 132 Å². The summed E-state index contributed by atoms with van der Waals surface area (Å²) in [6, 6.07) is 6.43. The van der Waals surface area contributed by atoms with Gasteiger partial charge in [0.2, 0.25) is 0 Å². The van der Waals surface area contributed by atoms with Crippen LogP contribution in [0.5, 0.6) is 0 Å². The van der Waals surface area contributed by atoms with Crippen molar-refractivity contribution >= 4 is 0 Å². The smallest absolute Gasteiger partial charge is 0.123 e. The molecule has 0 saturated carbocycles. The molecule has 0 bridgehead atoms. The van der Waals surface area contributed by atoms with E-state index in [-0.39, 0.29) is 12.4 Å². The van der Waals surface area contributed by atoms with Crippen molar-refractivity contribution in [1.82, 2.24) is 4.90 Å². The second-order valence-corrected chi connectivity index (χ2v) is 5.19. The third-order valence-corrected chi connectivity index (χ3v) is 3.16. The fourth-order valence-electron chi connectivity index (χ4n) is 2.15. The fraction of sp³-hybridized carbons (Fsp3) is 0.529. The van der Waals surface area contributed by atoms with Gasteiger partial charge in [0.15, 0.2) is 0 Å². The number of rotatable bonds is 12. The number of hydrogen-bond acceptors (Lipinski definition) is 4. The minimum atomic E-state index is -0.567. The van der Waals surface area contributed by atoms with Crippen LogP contribution in [0.1, 0.15) is 12.0 Å². The molecule has 1 rings (SSSR count). The molecule has 22 heavy (non-hydrogen) atoms. The Morgan fingerprint density at radius 3 is 2.73 bits per heavy atom. The van der Waals surface area contributed by atoms with Gasteiger partial charge in [-0.15, -0.1) is 6.58 Å². The predicted octanol–water partition coefficient (Wildman–Crippen LogP) is 2.23. The standard InChI is InChI=1S/C17H26FNO3/c1-3-10-22-14-17(20)13-19(9-4-11-21-2)12-15-5-7-16(18)8-6-15/h3,5-8,17,20H,1,4,9-14H2,2H3. The number of nitrogens with zero attached hydrogens (tertiary/aromatic N) is 1. The van der Waals surface area contributed by atoms with Crippen LogP contribution in [0, 0.1) is 5.82 Å². The van der Waals surface area contributed by atoms with Crippen LogP contribution in [-0.4, -0.2) is 56.1 Å². The predicted molar refractivity (Wildman–Crippen MR) is 85.2 cm³/mol. The van der Waals surface area contributed by atoms with Gasteiger partial charge in [-0.3, -0.25) is 4.90 Å². The summed E-state index contributed by atoms with van der Waals surface area (Å²) in [6.45, 7) is 6.89. The molecule has 1 aromatic rings. The first-order valence-electron chi connectivity index (χ1n) is 7.48. The lowest BCUT2D eigenvalue weighted by atomic mass is 10.2. The molecular weight excluding hydrogens is 285 g/mol. The molecule has 0 fully saturated rings. The van der Waals surface area contributed by atoms with Crippen molar-refractivity contribution in [2.75, 3.05) is 40.0 Å². The molecule has 0 aromatic heterocycles.